The lowest BCUT2D eigenvalue weighted by Crippen LogP contribution is -2.60. The van der Waals surface area contributed by atoms with Gasteiger partial charge in [0.25, 0.3) is 10.1 Å². The van der Waals surface area contributed by atoms with Gasteiger partial charge in [0.15, 0.2) is 12.4 Å². The van der Waals surface area contributed by atoms with E-state index in [-0.39, 0.29) is 19.4 Å². The monoisotopic (exact) mass is 805 g/mol. The van der Waals surface area contributed by atoms with Gasteiger partial charge in [-0.25, -0.2) is 0 Å². The van der Waals surface area contributed by atoms with Gasteiger partial charge in [0, 0.05) is 12.8 Å². The first-order valence-corrected chi connectivity index (χ1v) is 23.0. The standard InChI is InChI=1S/C42H76O12S/c1-3-5-7-9-11-13-15-17-18-19-21-22-24-26-28-30-37(43)51-32-35(33-52-42-41(47)40(46)39(45)36(54-42)34-55(48,49)50)53-38(44)31-29-27-25-23-20-16-14-12-10-8-6-4-2/h12-15,35-36,39-42,45-47H,3-11,16-34H2,1-2H3,(H,48,49,50)/b14-12+,15-13+/t35-,36-,39-,40?,41?,42+/m1/s1. The summed E-state index contributed by atoms with van der Waals surface area (Å²) < 4.78 is 53.9. The van der Waals surface area contributed by atoms with Crippen molar-refractivity contribution in [2.24, 2.45) is 0 Å². The predicted octanol–water partition coefficient (Wildman–Crippen LogP) is 8.06. The number of hydrogen-bond acceptors (Lipinski definition) is 11. The summed E-state index contributed by atoms with van der Waals surface area (Å²) in [5, 5.41) is 30.8. The molecule has 2 unspecified atom stereocenters. The fourth-order valence-corrected chi connectivity index (χ4v) is 7.06. The Morgan fingerprint density at radius 1 is 0.600 bits per heavy atom. The number of rotatable bonds is 35. The molecule has 1 heterocycles. The van der Waals surface area contributed by atoms with Crippen molar-refractivity contribution in [3.05, 3.63) is 24.3 Å². The van der Waals surface area contributed by atoms with E-state index in [4.69, 9.17) is 18.9 Å². The average Bonchev–Trinajstić information content (AvgIpc) is 3.14. The van der Waals surface area contributed by atoms with Crippen LogP contribution >= 0.6 is 0 Å². The summed E-state index contributed by atoms with van der Waals surface area (Å²) in [6.45, 7) is 3.70. The summed E-state index contributed by atoms with van der Waals surface area (Å²) >= 11 is 0. The molecule has 12 nitrogen and oxygen atoms in total. The second-order valence-electron chi connectivity index (χ2n) is 15.0. The van der Waals surface area contributed by atoms with E-state index in [1.54, 1.807) is 0 Å². The van der Waals surface area contributed by atoms with Crippen molar-refractivity contribution in [3.63, 3.8) is 0 Å². The normalized spacial score (nSPS) is 21.0. The van der Waals surface area contributed by atoms with Gasteiger partial charge in [0.2, 0.25) is 0 Å². The molecule has 0 aliphatic carbocycles. The molecule has 6 atom stereocenters. The van der Waals surface area contributed by atoms with E-state index in [1.165, 1.54) is 70.6 Å². The maximum Gasteiger partial charge on any atom is 0.306 e. The van der Waals surface area contributed by atoms with Gasteiger partial charge >= 0.3 is 11.9 Å². The molecule has 0 aromatic carbocycles. The van der Waals surface area contributed by atoms with Gasteiger partial charge in [-0.05, 0) is 64.2 Å². The zero-order valence-electron chi connectivity index (χ0n) is 34.0. The Balaban J connectivity index is 2.48. The lowest BCUT2D eigenvalue weighted by atomic mass is 10.00. The number of unbranched alkanes of at least 4 members (excludes halogenated alkanes) is 19. The molecule has 1 saturated heterocycles. The van der Waals surface area contributed by atoms with Crippen molar-refractivity contribution in [3.8, 4) is 0 Å². The summed E-state index contributed by atoms with van der Waals surface area (Å²) in [5.74, 6) is -2.00. The fraction of sp³-hybridized carbons (Fsp3) is 0.857. The van der Waals surface area contributed by atoms with Crippen LogP contribution in [0.15, 0.2) is 24.3 Å². The molecule has 1 aliphatic rings. The Hall–Kier alpha value is -1.87. The molecule has 0 spiro atoms. The number of carbonyl (C=O) groups excluding carboxylic acids is 2. The van der Waals surface area contributed by atoms with Gasteiger partial charge in [0.1, 0.15) is 36.8 Å². The molecule has 0 radical (unpaired) electrons. The molecule has 0 saturated carbocycles. The number of esters is 2. The molecule has 55 heavy (non-hydrogen) atoms. The Labute approximate surface area is 332 Å². The third-order valence-corrected chi connectivity index (χ3v) is 10.5. The third-order valence-electron chi connectivity index (χ3n) is 9.75. The van der Waals surface area contributed by atoms with Crippen LogP contribution in [0, 0.1) is 0 Å². The molecule has 322 valence electrons. The predicted molar refractivity (Wildman–Crippen MR) is 215 cm³/mol. The Kier molecular flexibility index (Phi) is 30.8. The molecule has 4 N–H and O–H groups in total. The molecule has 1 fully saturated rings. The maximum atomic E-state index is 12.7. The molecule has 0 aromatic heterocycles. The van der Waals surface area contributed by atoms with Gasteiger partial charge in [-0.1, -0.05) is 122 Å². The Morgan fingerprint density at radius 3 is 1.55 bits per heavy atom. The van der Waals surface area contributed by atoms with Crippen LogP contribution in [0.5, 0.6) is 0 Å². The number of carbonyl (C=O) groups is 2. The lowest BCUT2D eigenvalue weighted by molar-refractivity contribution is -0.297. The fourth-order valence-electron chi connectivity index (χ4n) is 6.37. The molecule has 1 aliphatic heterocycles. The van der Waals surface area contributed by atoms with Crippen molar-refractivity contribution >= 4 is 22.1 Å². The zero-order chi connectivity index (χ0) is 40.6. The Morgan fingerprint density at radius 2 is 1.04 bits per heavy atom. The summed E-state index contributed by atoms with van der Waals surface area (Å²) in [7, 11) is -4.60. The second kappa shape index (κ2) is 33.1. The molecule has 1 rings (SSSR count). The van der Waals surface area contributed by atoms with Crippen LogP contribution in [0.4, 0.5) is 0 Å². The number of hydrogen-bond donors (Lipinski definition) is 4. The van der Waals surface area contributed by atoms with E-state index in [0.717, 1.165) is 64.2 Å². The van der Waals surface area contributed by atoms with Crippen molar-refractivity contribution in [2.45, 2.75) is 211 Å². The van der Waals surface area contributed by atoms with Crippen LogP contribution in [0.25, 0.3) is 0 Å². The SMILES string of the molecule is CCCCC/C=C/CCCCCCCC(=O)O[C@H](COC(=O)CCCCCCCCC/C=C/CCCCCC)CO[C@H]1O[C@H](CS(=O)(=O)O)[C@@H](O)C(O)C1O. The number of allylic oxidation sites excluding steroid dienone is 4. The topological polar surface area (TPSA) is 186 Å². The number of aliphatic hydroxyl groups excluding tert-OH is 3. The van der Waals surface area contributed by atoms with Crippen LogP contribution in [-0.2, 0) is 38.7 Å². The average molecular weight is 805 g/mol. The van der Waals surface area contributed by atoms with E-state index in [2.05, 4.69) is 38.2 Å². The first-order valence-electron chi connectivity index (χ1n) is 21.4. The first kappa shape index (κ1) is 51.1. The van der Waals surface area contributed by atoms with Crippen LogP contribution in [0.3, 0.4) is 0 Å². The van der Waals surface area contributed by atoms with Crippen molar-refractivity contribution in [2.75, 3.05) is 19.0 Å². The third kappa shape index (κ3) is 28.2. The van der Waals surface area contributed by atoms with Crippen LogP contribution in [0.2, 0.25) is 0 Å². The molecule has 0 aromatic rings. The highest BCUT2D eigenvalue weighted by Gasteiger charge is 2.46. The van der Waals surface area contributed by atoms with Gasteiger partial charge < -0.3 is 34.3 Å². The summed E-state index contributed by atoms with van der Waals surface area (Å²) in [5.41, 5.74) is 0. The molecule has 0 bridgehead atoms. The summed E-state index contributed by atoms with van der Waals surface area (Å²) in [4.78, 5) is 25.3. The highest BCUT2D eigenvalue weighted by Crippen LogP contribution is 2.24. The quantitative estimate of drug-likeness (QED) is 0.0209. The van der Waals surface area contributed by atoms with E-state index < -0.39 is 71.2 Å². The highest BCUT2D eigenvalue weighted by molar-refractivity contribution is 7.85. The zero-order valence-corrected chi connectivity index (χ0v) is 34.9. The van der Waals surface area contributed by atoms with Crippen molar-refractivity contribution in [1.29, 1.82) is 0 Å². The maximum absolute atomic E-state index is 12.7. The van der Waals surface area contributed by atoms with E-state index >= 15 is 0 Å². The van der Waals surface area contributed by atoms with Gasteiger partial charge in [-0.3, -0.25) is 14.1 Å². The second-order valence-corrected chi connectivity index (χ2v) is 16.5. The smallest absolute Gasteiger partial charge is 0.306 e. The highest BCUT2D eigenvalue weighted by atomic mass is 32.2. The first-order chi connectivity index (χ1) is 26.5. The number of aliphatic hydroxyl groups is 3. The van der Waals surface area contributed by atoms with Gasteiger partial charge in [-0.15, -0.1) is 0 Å². The summed E-state index contributed by atoms with van der Waals surface area (Å²) in [6.07, 6.45) is 25.1. The van der Waals surface area contributed by atoms with Crippen molar-refractivity contribution < 1.29 is 56.8 Å². The molecular formula is C42H76O12S. The van der Waals surface area contributed by atoms with Crippen LogP contribution in [-0.4, -0.2) is 96.0 Å². The van der Waals surface area contributed by atoms with E-state index in [9.17, 15) is 37.9 Å². The minimum atomic E-state index is -4.60. The van der Waals surface area contributed by atoms with Crippen molar-refractivity contribution in [1.82, 2.24) is 0 Å². The van der Waals surface area contributed by atoms with Crippen LogP contribution in [0.1, 0.15) is 174 Å². The van der Waals surface area contributed by atoms with Crippen LogP contribution < -0.4 is 0 Å². The van der Waals surface area contributed by atoms with E-state index in [0.29, 0.717) is 12.8 Å². The molecule has 0 amide bonds. The number of ether oxygens (including phenoxy) is 4. The lowest BCUT2D eigenvalue weighted by Gasteiger charge is -2.40. The largest absolute Gasteiger partial charge is 0.462 e. The molecule has 13 heteroatoms. The molecular weight excluding hydrogens is 729 g/mol. The minimum absolute atomic E-state index is 0.154. The van der Waals surface area contributed by atoms with E-state index in [1.807, 2.05) is 0 Å². The Bertz CT molecular complexity index is 1130. The minimum Gasteiger partial charge on any atom is -0.462 e. The van der Waals surface area contributed by atoms with Gasteiger partial charge in [-0.2, -0.15) is 8.42 Å². The van der Waals surface area contributed by atoms with Gasteiger partial charge in [0.05, 0.1) is 6.61 Å². The summed E-state index contributed by atoms with van der Waals surface area (Å²) in [6, 6.07) is 0.